The van der Waals surface area contributed by atoms with E-state index in [1.54, 1.807) is 31.1 Å². The highest BCUT2D eigenvalue weighted by Gasteiger charge is 2.29. The molecule has 0 aliphatic heterocycles. The fraction of sp³-hybridized carbons (Fsp3) is 0.133. The van der Waals surface area contributed by atoms with Crippen molar-refractivity contribution in [2.24, 2.45) is 0 Å². The summed E-state index contributed by atoms with van der Waals surface area (Å²) in [6.45, 7) is 3.04. The summed E-state index contributed by atoms with van der Waals surface area (Å²) in [6, 6.07) is 6.55. The Balaban J connectivity index is 2.66. The van der Waals surface area contributed by atoms with E-state index in [0.717, 1.165) is 0 Å². The molecule has 1 aromatic carbocycles. The predicted octanol–water partition coefficient (Wildman–Crippen LogP) is 2.10. The zero-order valence-electron chi connectivity index (χ0n) is 11.1. The van der Waals surface area contributed by atoms with E-state index in [1.807, 2.05) is 0 Å². The molecular formula is C15H12BO4. The van der Waals surface area contributed by atoms with Crippen molar-refractivity contribution in [3.8, 4) is 0 Å². The molecule has 1 radical (unpaired) electrons. The normalized spacial score (nSPS) is 15.2. The van der Waals surface area contributed by atoms with Gasteiger partial charge in [0, 0.05) is 22.3 Å². The van der Waals surface area contributed by atoms with Gasteiger partial charge in [0.2, 0.25) is 0 Å². The Hall–Kier alpha value is -2.43. The quantitative estimate of drug-likeness (QED) is 0.672. The van der Waals surface area contributed by atoms with Gasteiger partial charge in [-0.3, -0.25) is 9.59 Å². The maximum atomic E-state index is 12.4. The van der Waals surface area contributed by atoms with E-state index in [2.05, 4.69) is 0 Å². The standard InChI is InChI=1S/C15H12BO4/c1-8(15(19)20)7-11-12(16-2)14(18)10-6-4-3-5-9(10)13(11)17/h3-7H,1-2H3,(H,19,20)/b8-7+. The lowest BCUT2D eigenvalue weighted by atomic mass is 9.63. The average Bonchev–Trinajstić information content (AvgIpc) is 2.44. The minimum absolute atomic E-state index is 0.0138. The molecule has 1 aromatic rings. The zero-order valence-corrected chi connectivity index (χ0v) is 11.1. The van der Waals surface area contributed by atoms with Crippen molar-refractivity contribution in [2.75, 3.05) is 0 Å². The minimum atomic E-state index is -1.12. The van der Waals surface area contributed by atoms with E-state index in [-0.39, 0.29) is 28.2 Å². The fourth-order valence-corrected chi connectivity index (χ4v) is 2.12. The summed E-state index contributed by atoms with van der Waals surface area (Å²) in [5.74, 6) is -1.70. The second kappa shape index (κ2) is 5.29. The molecule has 1 aliphatic rings. The Morgan fingerprint density at radius 3 is 2.20 bits per heavy atom. The Labute approximate surface area is 117 Å². The van der Waals surface area contributed by atoms with Crippen molar-refractivity contribution in [1.82, 2.24) is 0 Å². The Morgan fingerprint density at radius 2 is 1.70 bits per heavy atom. The molecule has 0 fully saturated rings. The third kappa shape index (κ3) is 2.22. The SMILES string of the molecule is C[B]C1=C(/C=C(\C)C(=O)O)C(=O)c2ccccc2C1=O. The number of rotatable bonds is 3. The number of aliphatic carboxylic acids is 1. The van der Waals surface area contributed by atoms with Gasteiger partial charge in [-0.1, -0.05) is 31.1 Å². The lowest BCUT2D eigenvalue weighted by Gasteiger charge is -2.18. The second-order valence-corrected chi connectivity index (χ2v) is 4.45. The Bertz CT molecular complexity index is 683. The van der Waals surface area contributed by atoms with E-state index < -0.39 is 5.97 Å². The van der Waals surface area contributed by atoms with Crippen LogP contribution in [-0.2, 0) is 4.79 Å². The molecule has 1 N–H and O–H groups in total. The molecule has 5 heteroatoms. The number of benzene rings is 1. The summed E-state index contributed by atoms with van der Waals surface area (Å²) in [7, 11) is 1.54. The van der Waals surface area contributed by atoms with Gasteiger partial charge in [0.15, 0.2) is 18.8 Å². The minimum Gasteiger partial charge on any atom is -0.478 e. The van der Waals surface area contributed by atoms with Crippen LogP contribution in [0.15, 0.2) is 47.0 Å². The van der Waals surface area contributed by atoms with Gasteiger partial charge in [-0.15, -0.1) is 0 Å². The first-order chi connectivity index (χ1) is 9.47. The maximum absolute atomic E-state index is 12.4. The third-order valence-corrected chi connectivity index (χ3v) is 3.18. The van der Waals surface area contributed by atoms with Crippen molar-refractivity contribution in [2.45, 2.75) is 13.7 Å². The molecule has 0 unspecified atom stereocenters. The molecule has 1 aliphatic carbocycles. The number of carboxylic acids is 1. The largest absolute Gasteiger partial charge is 0.478 e. The van der Waals surface area contributed by atoms with E-state index >= 15 is 0 Å². The van der Waals surface area contributed by atoms with E-state index in [1.165, 1.54) is 20.3 Å². The van der Waals surface area contributed by atoms with Crippen LogP contribution in [-0.4, -0.2) is 29.9 Å². The number of carboxylic acid groups (broad SMARTS) is 1. The first-order valence-corrected chi connectivity index (χ1v) is 6.11. The number of Topliss-reactive ketones (excluding diaryl/α,β-unsaturated/α-hetero) is 2. The number of allylic oxidation sites excluding steroid dienone is 3. The van der Waals surface area contributed by atoms with Gasteiger partial charge in [0.25, 0.3) is 0 Å². The summed E-state index contributed by atoms with van der Waals surface area (Å²) in [6.07, 6.45) is 1.26. The molecule has 0 amide bonds. The number of ketones is 2. The van der Waals surface area contributed by atoms with Gasteiger partial charge in [0.1, 0.15) is 0 Å². The Morgan fingerprint density at radius 1 is 1.15 bits per heavy atom. The number of hydrogen-bond donors (Lipinski definition) is 1. The third-order valence-electron chi connectivity index (χ3n) is 3.18. The molecular weight excluding hydrogens is 255 g/mol. The monoisotopic (exact) mass is 267 g/mol. The van der Waals surface area contributed by atoms with Crippen LogP contribution in [0, 0.1) is 0 Å². The van der Waals surface area contributed by atoms with Gasteiger partial charge < -0.3 is 5.11 Å². The lowest BCUT2D eigenvalue weighted by Crippen LogP contribution is -2.24. The number of carbonyl (C=O) groups is 3. The molecule has 0 aromatic heterocycles. The molecule has 0 atom stereocenters. The average molecular weight is 267 g/mol. The van der Waals surface area contributed by atoms with Crippen LogP contribution in [0.3, 0.4) is 0 Å². The highest BCUT2D eigenvalue weighted by atomic mass is 16.4. The fourth-order valence-electron chi connectivity index (χ4n) is 2.12. The maximum Gasteiger partial charge on any atom is 0.331 e. The van der Waals surface area contributed by atoms with Crippen LogP contribution in [0.25, 0.3) is 0 Å². The molecule has 4 nitrogen and oxygen atoms in total. The molecule has 0 spiro atoms. The second-order valence-electron chi connectivity index (χ2n) is 4.45. The first kappa shape index (κ1) is 14.0. The first-order valence-electron chi connectivity index (χ1n) is 6.11. The molecule has 2 rings (SSSR count). The summed E-state index contributed by atoms with van der Waals surface area (Å²) in [5, 5.41) is 8.92. The molecule has 0 saturated heterocycles. The topological polar surface area (TPSA) is 71.4 Å². The summed E-state index contributed by atoms with van der Waals surface area (Å²) >= 11 is 0. The van der Waals surface area contributed by atoms with Gasteiger partial charge in [-0.2, -0.15) is 0 Å². The molecule has 0 heterocycles. The highest BCUT2D eigenvalue weighted by molar-refractivity contribution is 6.58. The van der Waals surface area contributed by atoms with Gasteiger partial charge in [-0.05, 0) is 18.5 Å². The van der Waals surface area contributed by atoms with Crippen molar-refractivity contribution in [1.29, 1.82) is 0 Å². The lowest BCUT2D eigenvalue weighted by molar-refractivity contribution is -0.132. The summed E-state index contributed by atoms with van der Waals surface area (Å²) < 4.78 is 0. The van der Waals surface area contributed by atoms with Gasteiger partial charge in [-0.25, -0.2) is 4.79 Å². The van der Waals surface area contributed by atoms with Crippen LogP contribution >= 0.6 is 0 Å². The van der Waals surface area contributed by atoms with Crippen molar-refractivity contribution in [3.63, 3.8) is 0 Å². The molecule has 0 bridgehead atoms. The summed E-state index contributed by atoms with van der Waals surface area (Å²) in [4.78, 5) is 35.7. The van der Waals surface area contributed by atoms with Crippen molar-refractivity contribution >= 4 is 24.8 Å². The molecule has 99 valence electrons. The van der Waals surface area contributed by atoms with Crippen LogP contribution in [0.1, 0.15) is 27.6 Å². The van der Waals surface area contributed by atoms with Crippen LogP contribution in [0.5, 0.6) is 0 Å². The number of carbonyl (C=O) groups excluding carboxylic acids is 2. The molecule has 0 saturated carbocycles. The zero-order chi connectivity index (χ0) is 14.9. The van der Waals surface area contributed by atoms with Gasteiger partial charge >= 0.3 is 5.97 Å². The van der Waals surface area contributed by atoms with Crippen molar-refractivity contribution < 1.29 is 19.5 Å². The van der Waals surface area contributed by atoms with E-state index in [9.17, 15) is 14.4 Å². The number of fused-ring (bicyclic) bond motifs is 1. The Kier molecular flexibility index (Phi) is 3.70. The van der Waals surface area contributed by atoms with Crippen LogP contribution in [0.2, 0.25) is 6.82 Å². The van der Waals surface area contributed by atoms with E-state index in [4.69, 9.17) is 5.11 Å². The number of hydrogen-bond acceptors (Lipinski definition) is 3. The predicted molar refractivity (Wildman–Crippen MR) is 75.1 cm³/mol. The highest BCUT2D eigenvalue weighted by Crippen LogP contribution is 2.27. The van der Waals surface area contributed by atoms with Crippen LogP contribution < -0.4 is 0 Å². The van der Waals surface area contributed by atoms with Gasteiger partial charge in [0.05, 0.1) is 0 Å². The van der Waals surface area contributed by atoms with Crippen LogP contribution in [0.4, 0.5) is 0 Å². The smallest absolute Gasteiger partial charge is 0.331 e. The summed E-state index contributed by atoms with van der Waals surface area (Å²) in [5.41, 5.74) is 1.06. The van der Waals surface area contributed by atoms with Crippen molar-refractivity contribution in [3.05, 3.63) is 58.1 Å². The molecule has 20 heavy (non-hydrogen) atoms. The van der Waals surface area contributed by atoms with E-state index in [0.29, 0.717) is 11.1 Å².